The number of hydrogen-bond donors (Lipinski definition) is 0. The molecule has 1 aliphatic rings. The van der Waals surface area contributed by atoms with Crippen LogP contribution in [0.15, 0.2) is 48.7 Å². The van der Waals surface area contributed by atoms with E-state index in [1.807, 2.05) is 42.5 Å². The van der Waals surface area contributed by atoms with E-state index in [-0.39, 0.29) is 0 Å². The fraction of sp³-hybridized carbons (Fsp3) is 0.167. The molecule has 0 spiro atoms. The first-order valence-electron chi connectivity index (χ1n) is 7.62. The summed E-state index contributed by atoms with van der Waals surface area (Å²) in [5, 5.41) is 0.736. The van der Waals surface area contributed by atoms with E-state index in [0.717, 1.165) is 16.3 Å². The van der Waals surface area contributed by atoms with E-state index in [1.165, 1.54) is 0 Å². The van der Waals surface area contributed by atoms with Crippen LogP contribution in [-0.4, -0.2) is 28.2 Å². The van der Waals surface area contributed by atoms with Crippen LogP contribution in [0.3, 0.4) is 0 Å². The summed E-state index contributed by atoms with van der Waals surface area (Å²) in [5.74, 6) is 1.54. The monoisotopic (exact) mass is 339 g/mol. The first kappa shape index (κ1) is 14.9. The lowest BCUT2D eigenvalue weighted by molar-refractivity contribution is 0.163. The van der Waals surface area contributed by atoms with E-state index in [9.17, 15) is 0 Å². The molecule has 5 nitrogen and oxygen atoms in total. The molecule has 2 aromatic heterocycles. The van der Waals surface area contributed by atoms with Crippen LogP contribution >= 0.6 is 11.6 Å². The molecule has 120 valence electrons. The van der Waals surface area contributed by atoms with Gasteiger partial charge in [0.1, 0.15) is 18.9 Å². The molecule has 3 aromatic rings. The number of aromatic nitrogens is 3. The van der Waals surface area contributed by atoms with Crippen molar-refractivity contribution in [1.29, 1.82) is 0 Å². The van der Waals surface area contributed by atoms with Gasteiger partial charge in [-0.1, -0.05) is 35.9 Å². The second kappa shape index (κ2) is 6.45. The minimum absolute atomic E-state index is 0.463. The third kappa shape index (κ3) is 3.03. The third-order valence-electron chi connectivity index (χ3n) is 3.67. The fourth-order valence-electron chi connectivity index (χ4n) is 2.51. The summed E-state index contributed by atoms with van der Waals surface area (Å²) in [7, 11) is 0. The lowest BCUT2D eigenvalue weighted by atomic mass is 10.1. The molecule has 0 aliphatic carbocycles. The molecule has 0 N–H and O–H groups in total. The van der Waals surface area contributed by atoms with Crippen LogP contribution in [0, 0.1) is 0 Å². The van der Waals surface area contributed by atoms with Crippen molar-refractivity contribution in [3.05, 3.63) is 64.9 Å². The number of hydrogen-bond acceptors (Lipinski definition) is 5. The standard InChI is InChI=1S/C18H14ClN3O2/c19-14-6-2-1-4-12(14)10-13-5-3-7-15(21-13)17-20-11-16-18(22-17)24-9-8-23-16/h1-7,11H,8-10H2. The molecule has 4 rings (SSSR count). The summed E-state index contributed by atoms with van der Waals surface area (Å²) in [6, 6.07) is 13.5. The Morgan fingerprint density at radius 1 is 0.958 bits per heavy atom. The number of ether oxygens (including phenoxy) is 2. The molecule has 0 atom stereocenters. The fourth-order valence-corrected chi connectivity index (χ4v) is 2.71. The molecule has 0 radical (unpaired) electrons. The largest absolute Gasteiger partial charge is 0.483 e. The zero-order valence-electron chi connectivity index (χ0n) is 12.8. The van der Waals surface area contributed by atoms with Gasteiger partial charge in [0.15, 0.2) is 11.6 Å². The van der Waals surface area contributed by atoms with Crippen LogP contribution in [-0.2, 0) is 6.42 Å². The molecule has 1 aromatic carbocycles. The van der Waals surface area contributed by atoms with Gasteiger partial charge in [0.2, 0.25) is 0 Å². The summed E-state index contributed by atoms with van der Waals surface area (Å²) in [5.41, 5.74) is 2.63. The number of pyridine rings is 1. The molecule has 24 heavy (non-hydrogen) atoms. The molecule has 0 saturated heterocycles. The number of halogens is 1. The molecular formula is C18H14ClN3O2. The second-order valence-corrected chi connectivity index (χ2v) is 5.75. The van der Waals surface area contributed by atoms with Gasteiger partial charge in [0, 0.05) is 17.1 Å². The van der Waals surface area contributed by atoms with E-state index >= 15 is 0 Å². The zero-order chi connectivity index (χ0) is 16.4. The van der Waals surface area contributed by atoms with Crippen LogP contribution in [0.2, 0.25) is 5.02 Å². The smallest absolute Gasteiger partial charge is 0.260 e. The summed E-state index contributed by atoms with van der Waals surface area (Å²) < 4.78 is 11.0. The normalized spacial score (nSPS) is 12.9. The van der Waals surface area contributed by atoms with Crippen molar-refractivity contribution in [2.75, 3.05) is 13.2 Å². The first-order valence-corrected chi connectivity index (χ1v) is 8.00. The molecule has 3 heterocycles. The lowest BCUT2D eigenvalue weighted by Gasteiger charge is -2.16. The van der Waals surface area contributed by atoms with Crippen LogP contribution in [0.1, 0.15) is 11.3 Å². The van der Waals surface area contributed by atoms with Gasteiger partial charge < -0.3 is 9.47 Å². The van der Waals surface area contributed by atoms with Gasteiger partial charge in [-0.15, -0.1) is 0 Å². The molecule has 0 unspecified atom stereocenters. The van der Waals surface area contributed by atoms with E-state index in [1.54, 1.807) is 6.20 Å². The highest BCUT2D eigenvalue weighted by Gasteiger charge is 2.16. The minimum atomic E-state index is 0.463. The van der Waals surface area contributed by atoms with Gasteiger partial charge in [0.05, 0.1) is 6.20 Å². The van der Waals surface area contributed by atoms with Crippen LogP contribution in [0.25, 0.3) is 11.5 Å². The Labute approximate surface area is 144 Å². The van der Waals surface area contributed by atoms with Crippen molar-refractivity contribution in [2.24, 2.45) is 0 Å². The molecule has 0 saturated carbocycles. The Balaban J connectivity index is 1.64. The molecule has 0 fully saturated rings. The van der Waals surface area contributed by atoms with Crippen molar-refractivity contribution >= 4 is 11.6 Å². The Bertz CT molecular complexity index is 886. The van der Waals surface area contributed by atoms with Crippen LogP contribution in [0.5, 0.6) is 11.6 Å². The lowest BCUT2D eigenvalue weighted by Crippen LogP contribution is -2.17. The Morgan fingerprint density at radius 3 is 2.75 bits per heavy atom. The molecule has 1 aliphatic heterocycles. The second-order valence-electron chi connectivity index (χ2n) is 5.34. The zero-order valence-corrected chi connectivity index (χ0v) is 13.5. The summed E-state index contributed by atoms with van der Waals surface area (Å²) in [6.07, 6.45) is 2.28. The minimum Gasteiger partial charge on any atom is -0.483 e. The Kier molecular flexibility index (Phi) is 4.01. The highest BCUT2D eigenvalue weighted by molar-refractivity contribution is 6.31. The van der Waals surface area contributed by atoms with E-state index in [0.29, 0.717) is 42.8 Å². The van der Waals surface area contributed by atoms with Gasteiger partial charge in [-0.3, -0.25) is 0 Å². The number of rotatable bonds is 3. The number of benzene rings is 1. The third-order valence-corrected chi connectivity index (χ3v) is 4.04. The maximum atomic E-state index is 6.23. The van der Waals surface area contributed by atoms with Crippen molar-refractivity contribution in [1.82, 2.24) is 15.0 Å². The van der Waals surface area contributed by atoms with Crippen molar-refractivity contribution in [2.45, 2.75) is 6.42 Å². The van der Waals surface area contributed by atoms with Crippen molar-refractivity contribution in [3.63, 3.8) is 0 Å². The SMILES string of the molecule is Clc1ccccc1Cc1cccc(-c2ncc3c(n2)OCCO3)n1. The van der Waals surface area contributed by atoms with Crippen LogP contribution < -0.4 is 9.47 Å². The van der Waals surface area contributed by atoms with Gasteiger partial charge in [-0.25, -0.2) is 9.97 Å². The van der Waals surface area contributed by atoms with E-state index in [2.05, 4.69) is 15.0 Å². The van der Waals surface area contributed by atoms with Gasteiger partial charge in [0.25, 0.3) is 5.88 Å². The number of fused-ring (bicyclic) bond motifs is 1. The summed E-state index contributed by atoms with van der Waals surface area (Å²) in [4.78, 5) is 13.4. The summed E-state index contributed by atoms with van der Waals surface area (Å²) in [6.45, 7) is 1.00. The Hall–Kier alpha value is -2.66. The summed E-state index contributed by atoms with van der Waals surface area (Å²) >= 11 is 6.23. The molecule has 0 amide bonds. The quantitative estimate of drug-likeness (QED) is 0.730. The molecule has 0 bridgehead atoms. The van der Waals surface area contributed by atoms with E-state index < -0.39 is 0 Å². The average molecular weight is 340 g/mol. The molecule has 6 heteroatoms. The van der Waals surface area contributed by atoms with Gasteiger partial charge >= 0.3 is 0 Å². The maximum absolute atomic E-state index is 6.23. The van der Waals surface area contributed by atoms with Gasteiger partial charge in [-0.05, 0) is 23.8 Å². The van der Waals surface area contributed by atoms with Crippen molar-refractivity contribution in [3.8, 4) is 23.1 Å². The maximum Gasteiger partial charge on any atom is 0.260 e. The predicted octanol–water partition coefficient (Wildman–Crippen LogP) is 3.55. The van der Waals surface area contributed by atoms with Gasteiger partial charge in [-0.2, -0.15) is 4.98 Å². The highest BCUT2D eigenvalue weighted by Crippen LogP contribution is 2.28. The predicted molar refractivity (Wildman–Crippen MR) is 90.5 cm³/mol. The highest BCUT2D eigenvalue weighted by atomic mass is 35.5. The number of nitrogens with zero attached hydrogens (tertiary/aromatic N) is 3. The topological polar surface area (TPSA) is 57.1 Å². The van der Waals surface area contributed by atoms with E-state index in [4.69, 9.17) is 21.1 Å². The average Bonchev–Trinajstić information content (AvgIpc) is 2.63. The first-order chi connectivity index (χ1) is 11.8. The Morgan fingerprint density at radius 2 is 1.83 bits per heavy atom. The van der Waals surface area contributed by atoms with Crippen molar-refractivity contribution < 1.29 is 9.47 Å². The molecular weight excluding hydrogens is 326 g/mol. The van der Waals surface area contributed by atoms with Crippen LogP contribution in [0.4, 0.5) is 0 Å².